The third-order valence-corrected chi connectivity index (χ3v) is 2.71. The van der Waals surface area contributed by atoms with Crippen molar-refractivity contribution in [2.75, 3.05) is 37.1 Å². The van der Waals surface area contributed by atoms with Crippen LogP contribution in [-0.2, 0) is 19.2 Å². The molecule has 2 aromatic carbocycles. The topological polar surface area (TPSA) is 88.7 Å². The van der Waals surface area contributed by atoms with Gasteiger partial charge in [0.05, 0.1) is 5.69 Å². The summed E-state index contributed by atoms with van der Waals surface area (Å²) in [7, 11) is 3.48. The summed E-state index contributed by atoms with van der Waals surface area (Å²) in [5.41, 5.74) is 6.81. The molecule has 0 unspecified atom stereocenters. The molecule has 2 aromatic rings. The summed E-state index contributed by atoms with van der Waals surface area (Å²) in [6, 6.07) is 15.9. The largest absolute Gasteiger partial charge is 0.388 e. The summed E-state index contributed by atoms with van der Waals surface area (Å²) >= 11 is 0. The Kier molecular flexibility index (Phi) is 25.7. The van der Waals surface area contributed by atoms with Gasteiger partial charge in [-0.15, -0.1) is 0 Å². The SMILES string of the molecule is C=O.C=O.CC.CC.CNc1ccc(Nc2ccc(NOCOC)cc2)cc1. The highest BCUT2D eigenvalue weighted by atomic mass is 16.7. The van der Waals surface area contributed by atoms with E-state index in [4.69, 9.17) is 19.2 Å². The second kappa shape index (κ2) is 24.1. The monoisotopic (exact) mass is 393 g/mol. The molecule has 0 heterocycles. The van der Waals surface area contributed by atoms with Crippen molar-refractivity contribution in [1.82, 2.24) is 0 Å². The maximum absolute atomic E-state index is 8.00. The second-order valence-electron chi connectivity index (χ2n) is 4.18. The van der Waals surface area contributed by atoms with Crippen LogP contribution >= 0.6 is 0 Å². The number of nitrogens with one attached hydrogen (secondary N) is 3. The fourth-order valence-corrected chi connectivity index (χ4v) is 1.68. The normalized spacial score (nSPS) is 7.93. The van der Waals surface area contributed by atoms with Crippen LogP contribution in [0.15, 0.2) is 48.5 Å². The van der Waals surface area contributed by atoms with Crippen molar-refractivity contribution in [3.63, 3.8) is 0 Å². The number of methoxy groups -OCH3 is 1. The molecule has 158 valence electrons. The van der Waals surface area contributed by atoms with E-state index in [0.29, 0.717) is 0 Å². The lowest BCUT2D eigenvalue weighted by Gasteiger charge is -2.09. The van der Waals surface area contributed by atoms with Crippen molar-refractivity contribution in [2.45, 2.75) is 27.7 Å². The Hall–Kier alpha value is -2.90. The predicted molar refractivity (Wildman–Crippen MR) is 119 cm³/mol. The average Bonchev–Trinajstić information content (AvgIpc) is 2.81. The van der Waals surface area contributed by atoms with Gasteiger partial charge in [-0.1, -0.05) is 27.7 Å². The molecule has 0 saturated carbocycles. The minimum Gasteiger partial charge on any atom is -0.388 e. The zero-order valence-electron chi connectivity index (χ0n) is 17.9. The number of carbonyl (C=O) groups is 2. The van der Waals surface area contributed by atoms with Crippen molar-refractivity contribution in [3.8, 4) is 0 Å². The van der Waals surface area contributed by atoms with E-state index >= 15 is 0 Å². The van der Waals surface area contributed by atoms with Gasteiger partial charge in [0.2, 0.25) is 0 Å². The van der Waals surface area contributed by atoms with Crippen LogP contribution in [0.2, 0.25) is 0 Å². The summed E-state index contributed by atoms with van der Waals surface area (Å²) in [6.07, 6.45) is 0. The molecule has 7 heteroatoms. The second-order valence-corrected chi connectivity index (χ2v) is 4.18. The van der Waals surface area contributed by atoms with Gasteiger partial charge in [0.15, 0.2) is 6.79 Å². The number of hydrogen-bond donors (Lipinski definition) is 3. The van der Waals surface area contributed by atoms with Crippen LogP contribution in [0.25, 0.3) is 0 Å². The Balaban J connectivity index is -0.000000695. The van der Waals surface area contributed by atoms with Crippen molar-refractivity contribution in [2.24, 2.45) is 0 Å². The van der Waals surface area contributed by atoms with Crippen LogP contribution < -0.4 is 16.1 Å². The first-order valence-electron chi connectivity index (χ1n) is 8.91. The number of carbonyl (C=O) groups excluding carboxylic acids is 2. The van der Waals surface area contributed by atoms with E-state index in [1.807, 2.05) is 96.9 Å². The molecule has 28 heavy (non-hydrogen) atoms. The number of benzene rings is 2. The molecule has 0 aliphatic heterocycles. The van der Waals surface area contributed by atoms with Crippen molar-refractivity contribution < 1.29 is 19.2 Å². The minimum atomic E-state index is 0.206. The Morgan fingerprint density at radius 1 is 0.714 bits per heavy atom. The van der Waals surface area contributed by atoms with Crippen molar-refractivity contribution in [3.05, 3.63) is 48.5 Å². The molecule has 3 N–H and O–H groups in total. The van der Waals surface area contributed by atoms with Crippen molar-refractivity contribution >= 4 is 36.3 Å². The highest BCUT2D eigenvalue weighted by molar-refractivity contribution is 5.64. The zero-order chi connectivity index (χ0) is 22.2. The summed E-state index contributed by atoms with van der Waals surface area (Å²) in [6.45, 7) is 12.2. The highest BCUT2D eigenvalue weighted by Crippen LogP contribution is 2.20. The molecule has 0 aliphatic carbocycles. The zero-order valence-corrected chi connectivity index (χ0v) is 17.9. The lowest BCUT2D eigenvalue weighted by molar-refractivity contribution is -0.0987. The van der Waals surface area contributed by atoms with Gasteiger partial charge >= 0.3 is 0 Å². The molecule has 0 aliphatic rings. The first-order valence-corrected chi connectivity index (χ1v) is 8.91. The molecular weight excluding hydrogens is 358 g/mol. The Morgan fingerprint density at radius 3 is 1.43 bits per heavy atom. The van der Waals surface area contributed by atoms with E-state index in [0.717, 1.165) is 22.7 Å². The van der Waals surface area contributed by atoms with Gasteiger partial charge in [-0.3, -0.25) is 5.48 Å². The lowest BCUT2D eigenvalue weighted by Crippen LogP contribution is -2.03. The molecule has 0 fully saturated rings. The molecule has 7 nitrogen and oxygen atoms in total. The summed E-state index contributed by atoms with van der Waals surface area (Å²) < 4.78 is 4.78. The van der Waals surface area contributed by atoms with Crippen LogP contribution in [0.1, 0.15) is 27.7 Å². The summed E-state index contributed by atoms with van der Waals surface area (Å²) in [5.74, 6) is 0. The smallest absolute Gasteiger partial charge is 0.172 e. The Morgan fingerprint density at radius 2 is 1.07 bits per heavy atom. The first-order chi connectivity index (χ1) is 13.8. The predicted octanol–water partition coefficient (Wildman–Crippen LogP) is 5.10. The van der Waals surface area contributed by atoms with E-state index in [1.165, 1.54) is 0 Å². The van der Waals surface area contributed by atoms with E-state index in [1.54, 1.807) is 7.11 Å². The Bertz CT molecular complexity index is 547. The van der Waals surface area contributed by atoms with Gasteiger partial charge in [0, 0.05) is 31.2 Å². The van der Waals surface area contributed by atoms with Crippen molar-refractivity contribution in [1.29, 1.82) is 0 Å². The number of anilines is 4. The highest BCUT2D eigenvalue weighted by Gasteiger charge is 1.96. The first kappa shape index (κ1) is 29.8. The lowest BCUT2D eigenvalue weighted by atomic mass is 10.2. The van der Waals surface area contributed by atoms with Gasteiger partial charge in [-0.05, 0) is 48.5 Å². The van der Waals surface area contributed by atoms with E-state index in [-0.39, 0.29) is 6.79 Å². The van der Waals surface area contributed by atoms with Crippen LogP contribution in [0, 0.1) is 0 Å². The van der Waals surface area contributed by atoms with Crippen LogP contribution in [-0.4, -0.2) is 34.5 Å². The fourth-order valence-electron chi connectivity index (χ4n) is 1.68. The molecular formula is C21H35N3O4. The molecule has 0 spiro atoms. The Labute approximate surface area is 169 Å². The average molecular weight is 394 g/mol. The summed E-state index contributed by atoms with van der Waals surface area (Å²) in [4.78, 5) is 21.1. The minimum absolute atomic E-state index is 0.206. The van der Waals surface area contributed by atoms with Gasteiger partial charge in [0.1, 0.15) is 13.6 Å². The number of hydrogen-bond acceptors (Lipinski definition) is 7. The molecule has 0 radical (unpaired) electrons. The third kappa shape index (κ3) is 14.3. The molecule has 0 bridgehead atoms. The molecule has 0 atom stereocenters. The van der Waals surface area contributed by atoms with Gasteiger partial charge < -0.3 is 25.0 Å². The van der Waals surface area contributed by atoms with Gasteiger partial charge in [0.25, 0.3) is 0 Å². The number of ether oxygens (including phenoxy) is 1. The third-order valence-electron chi connectivity index (χ3n) is 2.71. The quantitative estimate of drug-likeness (QED) is 0.342. The maximum atomic E-state index is 8.00. The molecule has 2 rings (SSSR count). The van der Waals surface area contributed by atoms with E-state index in [2.05, 4.69) is 16.1 Å². The van der Waals surface area contributed by atoms with Gasteiger partial charge in [-0.25, -0.2) is 4.84 Å². The molecule has 0 amide bonds. The summed E-state index contributed by atoms with van der Waals surface area (Å²) in [5, 5.41) is 6.42. The fraction of sp³-hybridized carbons (Fsp3) is 0.333. The van der Waals surface area contributed by atoms with Crippen LogP contribution in [0.5, 0.6) is 0 Å². The van der Waals surface area contributed by atoms with E-state index in [9.17, 15) is 0 Å². The molecule has 0 aromatic heterocycles. The van der Waals surface area contributed by atoms with Gasteiger partial charge in [-0.2, -0.15) is 0 Å². The standard InChI is InChI=1S/C15H19N3O2.2C2H6.2CH2O/c1-16-12-3-5-13(6-4-12)17-14-7-9-15(10-8-14)18-20-11-19-2;4*1-2/h3-10,16-18H,11H2,1-2H3;2*1-2H3;2*1H2. The van der Waals surface area contributed by atoms with Crippen LogP contribution in [0.4, 0.5) is 22.7 Å². The van der Waals surface area contributed by atoms with Crippen LogP contribution in [0.3, 0.4) is 0 Å². The molecule has 0 saturated heterocycles. The number of rotatable bonds is 7. The van der Waals surface area contributed by atoms with E-state index < -0.39 is 0 Å². The maximum Gasteiger partial charge on any atom is 0.172 e.